The van der Waals surface area contributed by atoms with Crippen molar-refractivity contribution < 1.29 is 0 Å². The number of hydrogen-bond acceptors (Lipinski definition) is 2. The normalized spacial score (nSPS) is 12.7. The predicted octanol–water partition coefficient (Wildman–Crippen LogP) is 4.36. The molecule has 0 fully saturated rings. The molecular weight excluding hydrogens is 278 g/mol. The Kier molecular flexibility index (Phi) is 3.12. The van der Waals surface area contributed by atoms with E-state index < -0.39 is 0 Å². The lowest BCUT2D eigenvalue weighted by Crippen LogP contribution is -2.07. The van der Waals surface area contributed by atoms with Crippen molar-refractivity contribution >= 4 is 35.0 Å². The highest BCUT2D eigenvalue weighted by molar-refractivity contribution is 7.71. The number of aromatic nitrogens is 3. The van der Waals surface area contributed by atoms with E-state index in [1.807, 2.05) is 41.0 Å². The van der Waals surface area contributed by atoms with Gasteiger partial charge in [0, 0.05) is 11.2 Å². The van der Waals surface area contributed by atoms with E-state index in [0.29, 0.717) is 4.77 Å². The summed E-state index contributed by atoms with van der Waals surface area (Å²) in [4.78, 5) is 7.58. The minimum absolute atomic E-state index is 0.0786. The number of pyridine rings is 1. The largest absolute Gasteiger partial charge is 0.329 e. The van der Waals surface area contributed by atoms with Crippen LogP contribution in [0.4, 0.5) is 0 Å². The molecule has 2 aromatic heterocycles. The van der Waals surface area contributed by atoms with Gasteiger partial charge in [-0.1, -0.05) is 23.7 Å². The van der Waals surface area contributed by atoms with Gasteiger partial charge in [-0.3, -0.25) is 4.57 Å². The molecule has 96 valence electrons. The number of benzene rings is 1. The molecule has 0 spiro atoms. The molecule has 3 aromatic rings. The van der Waals surface area contributed by atoms with Crippen molar-refractivity contribution in [2.24, 2.45) is 0 Å². The molecule has 3 rings (SSSR count). The summed E-state index contributed by atoms with van der Waals surface area (Å²) in [5.41, 5.74) is 2.91. The predicted molar refractivity (Wildman–Crippen MR) is 80.2 cm³/mol. The van der Waals surface area contributed by atoms with Gasteiger partial charge in [-0.2, -0.15) is 0 Å². The second kappa shape index (κ2) is 4.79. The van der Waals surface area contributed by atoms with Crippen molar-refractivity contribution in [1.82, 2.24) is 14.5 Å². The van der Waals surface area contributed by atoms with E-state index in [-0.39, 0.29) is 6.04 Å². The van der Waals surface area contributed by atoms with Gasteiger partial charge in [-0.15, -0.1) is 0 Å². The summed E-state index contributed by atoms with van der Waals surface area (Å²) in [6, 6.07) is 11.7. The summed E-state index contributed by atoms with van der Waals surface area (Å²) < 4.78 is 2.68. The Balaban J connectivity index is 2.19. The lowest BCUT2D eigenvalue weighted by Gasteiger charge is -2.14. The van der Waals surface area contributed by atoms with Crippen LogP contribution in [0.3, 0.4) is 0 Å². The maximum absolute atomic E-state index is 6.05. The number of rotatable bonds is 2. The second-order valence-corrected chi connectivity index (χ2v) is 5.23. The Morgan fingerprint density at radius 3 is 2.95 bits per heavy atom. The van der Waals surface area contributed by atoms with Crippen LogP contribution in [0, 0.1) is 4.77 Å². The van der Waals surface area contributed by atoms with Gasteiger partial charge < -0.3 is 4.98 Å². The number of halogens is 1. The molecule has 0 bridgehead atoms. The molecule has 0 amide bonds. The van der Waals surface area contributed by atoms with Crippen molar-refractivity contribution in [3.05, 3.63) is 58.0 Å². The van der Waals surface area contributed by atoms with Crippen molar-refractivity contribution in [3.63, 3.8) is 0 Å². The van der Waals surface area contributed by atoms with Crippen LogP contribution in [-0.4, -0.2) is 14.5 Å². The molecule has 2 heterocycles. The third-order valence-corrected chi connectivity index (χ3v) is 3.73. The van der Waals surface area contributed by atoms with Gasteiger partial charge >= 0.3 is 0 Å². The Labute approximate surface area is 120 Å². The summed E-state index contributed by atoms with van der Waals surface area (Å²) >= 11 is 11.4. The SMILES string of the molecule is CC(c1cccc(Cl)c1)n1c(=S)[nH]c2cccnc21. The smallest absolute Gasteiger partial charge is 0.179 e. The zero-order valence-corrected chi connectivity index (χ0v) is 11.9. The first-order chi connectivity index (χ1) is 9.16. The van der Waals surface area contributed by atoms with Crippen molar-refractivity contribution in [3.8, 4) is 0 Å². The Morgan fingerprint density at radius 2 is 2.16 bits per heavy atom. The number of nitrogens with zero attached hydrogens (tertiary/aromatic N) is 2. The Hall–Kier alpha value is -1.65. The van der Waals surface area contributed by atoms with Crippen LogP contribution >= 0.6 is 23.8 Å². The molecule has 0 saturated heterocycles. The first-order valence-corrected chi connectivity index (χ1v) is 6.76. The van der Waals surface area contributed by atoms with E-state index in [1.54, 1.807) is 6.20 Å². The summed E-state index contributed by atoms with van der Waals surface area (Å²) in [6.07, 6.45) is 1.77. The average Bonchev–Trinajstić information content (AvgIpc) is 2.74. The minimum atomic E-state index is 0.0786. The van der Waals surface area contributed by atoms with Gasteiger partial charge in [0.2, 0.25) is 0 Å². The Morgan fingerprint density at radius 1 is 1.32 bits per heavy atom. The Bertz CT molecular complexity index is 790. The standard InChI is InChI=1S/C14H12ClN3S/c1-9(10-4-2-5-11(15)8-10)18-13-12(17-14(18)19)6-3-7-16-13/h2-9H,1H3,(H,17,19). The summed E-state index contributed by atoms with van der Waals surface area (Å²) in [7, 11) is 0. The topological polar surface area (TPSA) is 33.6 Å². The third-order valence-electron chi connectivity index (χ3n) is 3.19. The number of H-pyrrole nitrogens is 1. The van der Waals surface area contributed by atoms with Crippen LogP contribution in [0.25, 0.3) is 11.2 Å². The van der Waals surface area contributed by atoms with Crippen LogP contribution in [-0.2, 0) is 0 Å². The van der Waals surface area contributed by atoms with Crippen molar-refractivity contribution in [1.29, 1.82) is 0 Å². The van der Waals surface area contributed by atoms with Gasteiger partial charge in [-0.05, 0) is 49.0 Å². The molecule has 0 aliphatic rings. The number of fused-ring (bicyclic) bond motifs is 1. The van der Waals surface area contributed by atoms with Gasteiger partial charge in [0.15, 0.2) is 10.4 Å². The van der Waals surface area contributed by atoms with Gasteiger partial charge in [-0.25, -0.2) is 4.98 Å². The molecule has 1 unspecified atom stereocenters. The van der Waals surface area contributed by atoms with Crippen LogP contribution in [0.1, 0.15) is 18.5 Å². The van der Waals surface area contributed by atoms with Crippen molar-refractivity contribution in [2.45, 2.75) is 13.0 Å². The van der Waals surface area contributed by atoms with E-state index in [2.05, 4.69) is 16.9 Å². The molecule has 0 aliphatic heterocycles. The lowest BCUT2D eigenvalue weighted by molar-refractivity contribution is 0.644. The highest BCUT2D eigenvalue weighted by Gasteiger charge is 2.13. The third kappa shape index (κ3) is 2.17. The first kappa shape index (κ1) is 12.4. The molecule has 1 N–H and O–H groups in total. The monoisotopic (exact) mass is 289 g/mol. The highest BCUT2D eigenvalue weighted by Crippen LogP contribution is 2.24. The summed E-state index contributed by atoms with van der Waals surface area (Å²) in [5, 5.41) is 0.726. The van der Waals surface area contributed by atoms with Crippen LogP contribution < -0.4 is 0 Å². The lowest BCUT2D eigenvalue weighted by atomic mass is 10.1. The number of aromatic amines is 1. The quantitative estimate of drug-likeness (QED) is 0.711. The molecule has 5 heteroatoms. The molecule has 3 nitrogen and oxygen atoms in total. The van der Waals surface area contributed by atoms with E-state index >= 15 is 0 Å². The molecule has 0 saturated carbocycles. The number of nitrogens with one attached hydrogen (secondary N) is 1. The van der Waals surface area contributed by atoms with E-state index in [0.717, 1.165) is 21.7 Å². The maximum atomic E-state index is 6.05. The van der Waals surface area contributed by atoms with E-state index in [4.69, 9.17) is 23.8 Å². The van der Waals surface area contributed by atoms with E-state index in [1.165, 1.54) is 0 Å². The number of imidazole rings is 1. The maximum Gasteiger partial charge on any atom is 0.179 e. The molecule has 0 aliphatic carbocycles. The summed E-state index contributed by atoms with van der Waals surface area (Å²) in [6.45, 7) is 2.09. The van der Waals surface area contributed by atoms with Gasteiger partial charge in [0.05, 0.1) is 11.6 Å². The minimum Gasteiger partial charge on any atom is -0.329 e. The van der Waals surface area contributed by atoms with Crippen LogP contribution in [0.5, 0.6) is 0 Å². The van der Waals surface area contributed by atoms with Crippen LogP contribution in [0.15, 0.2) is 42.6 Å². The summed E-state index contributed by atoms with van der Waals surface area (Å²) in [5.74, 6) is 0. The first-order valence-electron chi connectivity index (χ1n) is 5.97. The molecular formula is C14H12ClN3S. The van der Waals surface area contributed by atoms with Crippen LogP contribution in [0.2, 0.25) is 5.02 Å². The fourth-order valence-electron chi connectivity index (χ4n) is 2.23. The van der Waals surface area contributed by atoms with Gasteiger partial charge in [0.1, 0.15) is 0 Å². The fourth-order valence-corrected chi connectivity index (χ4v) is 2.79. The fraction of sp³-hybridized carbons (Fsp3) is 0.143. The molecule has 19 heavy (non-hydrogen) atoms. The molecule has 1 aromatic carbocycles. The van der Waals surface area contributed by atoms with Crippen molar-refractivity contribution in [2.75, 3.05) is 0 Å². The van der Waals surface area contributed by atoms with Gasteiger partial charge in [0.25, 0.3) is 0 Å². The zero-order chi connectivity index (χ0) is 13.4. The van der Waals surface area contributed by atoms with E-state index in [9.17, 15) is 0 Å². The zero-order valence-electron chi connectivity index (χ0n) is 10.3. The molecule has 0 radical (unpaired) electrons. The second-order valence-electron chi connectivity index (χ2n) is 4.41. The molecule has 1 atom stereocenters. The number of hydrogen-bond donors (Lipinski definition) is 1. The average molecular weight is 290 g/mol. The highest BCUT2D eigenvalue weighted by atomic mass is 35.5.